The molecule has 0 unspecified atom stereocenters. The van der Waals surface area contributed by atoms with Gasteiger partial charge < -0.3 is 14.4 Å². The molecule has 1 heterocycles. The first kappa shape index (κ1) is 15.4. The summed E-state index contributed by atoms with van der Waals surface area (Å²) in [4.78, 5) is 0.185. The molecule has 21 heavy (non-hydrogen) atoms. The van der Waals surface area contributed by atoms with Crippen molar-refractivity contribution in [2.24, 2.45) is 7.05 Å². The van der Waals surface area contributed by atoms with Gasteiger partial charge in [0.05, 0.1) is 13.2 Å². The Morgan fingerprint density at radius 2 is 2.10 bits per heavy atom. The molecule has 6 nitrogen and oxygen atoms in total. The summed E-state index contributed by atoms with van der Waals surface area (Å²) in [5, 5.41) is 9.33. The van der Waals surface area contributed by atoms with Crippen molar-refractivity contribution in [1.29, 1.82) is 0 Å². The Morgan fingerprint density at radius 1 is 1.33 bits per heavy atom. The maximum Gasteiger partial charge on any atom is 0.263 e. The first-order valence-electron chi connectivity index (χ1n) is 6.47. The predicted molar refractivity (Wildman–Crippen MR) is 79.8 cm³/mol. The Bertz CT molecular complexity index is 722. The smallest absolute Gasteiger partial charge is 0.263 e. The largest absolute Gasteiger partial charge is 0.494 e. The average molecular weight is 310 g/mol. The minimum absolute atomic E-state index is 0.185. The van der Waals surface area contributed by atoms with Gasteiger partial charge in [0.1, 0.15) is 10.6 Å². The highest BCUT2D eigenvalue weighted by Crippen LogP contribution is 2.24. The SMILES string of the molecule is CCOc1ccc(NS(=O)(=O)c2ccn(C)c2)cc1CO. The Balaban J connectivity index is 2.27. The number of anilines is 1. The zero-order valence-corrected chi connectivity index (χ0v) is 12.7. The molecule has 2 aromatic rings. The van der Waals surface area contributed by atoms with Crippen molar-refractivity contribution in [3.05, 3.63) is 42.2 Å². The number of rotatable bonds is 6. The van der Waals surface area contributed by atoms with Gasteiger partial charge in [0.25, 0.3) is 10.0 Å². The van der Waals surface area contributed by atoms with Crippen LogP contribution in [-0.2, 0) is 23.7 Å². The molecule has 1 aromatic carbocycles. The fourth-order valence-electron chi connectivity index (χ4n) is 1.91. The number of hydrogen-bond donors (Lipinski definition) is 2. The van der Waals surface area contributed by atoms with Crippen LogP contribution < -0.4 is 9.46 Å². The fraction of sp³-hybridized carbons (Fsp3) is 0.286. The Hall–Kier alpha value is -1.99. The Morgan fingerprint density at radius 3 is 2.67 bits per heavy atom. The minimum atomic E-state index is -3.64. The second kappa shape index (κ2) is 6.19. The summed E-state index contributed by atoms with van der Waals surface area (Å²) in [6.45, 7) is 2.09. The molecule has 0 aliphatic rings. The van der Waals surface area contributed by atoms with Gasteiger partial charge in [-0.2, -0.15) is 0 Å². The fourth-order valence-corrected chi connectivity index (χ4v) is 3.01. The lowest BCUT2D eigenvalue weighted by Crippen LogP contribution is -2.12. The molecule has 0 spiro atoms. The molecular formula is C14H18N2O4S. The van der Waals surface area contributed by atoms with E-state index in [1.807, 2.05) is 6.92 Å². The van der Waals surface area contributed by atoms with Crippen LogP contribution in [0.4, 0.5) is 5.69 Å². The van der Waals surface area contributed by atoms with E-state index in [4.69, 9.17) is 4.74 Å². The molecule has 0 bridgehead atoms. The highest BCUT2D eigenvalue weighted by atomic mass is 32.2. The highest BCUT2D eigenvalue weighted by molar-refractivity contribution is 7.92. The molecule has 0 radical (unpaired) electrons. The van der Waals surface area contributed by atoms with Crippen LogP contribution in [0.2, 0.25) is 0 Å². The quantitative estimate of drug-likeness (QED) is 0.851. The number of aliphatic hydroxyl groups excluding tert-OH is 1. The first-order valence-corrected chi connectivity index (χ1v) is 7.96. The summed E-state index contributed by atoms with van der Waals surface area (Å²) in [5.41, 5.74) is 0.913. The second-order valence-corrected chi connectivity index (χ2v) is 6.21. The van der Waals surface area contributed by atoms with Crippen molar-refractivity contribution in [2.75, 3.05) is 11.3 Å². The first-order chi connectivity index (χ1) is 9.96. The van der Waals surface area contributed by atoms with E-state index in [-0.39, 0.29) is 11.5 Å². The van der Waals surface area contributed by atoms with Gasteiger partial charge in [-0.05, 0) is 31.2 Å². The van der Waals surface area contributed by atoms with Crippen molar-refractivity contribution < 1.29 is 18.3 Å². The summed E-state index contributed by atoms with van der Waals surface area (Å²) in [6.07, 6.45) is 3.18. The molecule has 2 rings (SSSR count). The average Bonchev–Trinajstić information content (AvgIpc) is 2.88. The summed E-state index contributed by atoms with van der Waals surface area (Å²) in [7, 11) is -1.89. The molecule has 7 heteroatoms. The Labute approximate surface area is 124 Å². The maximum absolute atomic E-state index is 12.2. The van der Waals surface area contributed by atoms with E-state index in [1.165, 1.54) is 12.3 Å². The third kappa shape index (κ3) is 3.56. The van der Waals surface area contributed by atoms with Crippen LogP contribution in [0.15, 0.2) is 41.6 Å². The maximum atomic E-state index is 12.2. The van der Waals surface area contributed by atoms with Crippen molar-refractivity contribution in [3.63, 3.8) is 0 Å². The summed E-state index contributed by atoms with van der Waals surface area (Å²) in [6, 6.07) is 6.32. The van der Waals surface area contributed by atoms with Crippen LogP contribution >= 0.6 is 0 Å². The van der Waals surface area contributed by atoms with Crippen LogP contribution in [0.5, 0.6) is 5.75 Å². The van der Waals surface area contributed by atoms with E-state index < -0.39 is 10.0 Å². The van der Waals surface area contributed by atoms with Crippen LogP contribution in [-0.4, -0.2) is 24.7 Å². The van der Waals surface area contributed by atoms with E-state index in [0.29, 0.717) is 23.6 Å². The lowest BCUT2D eigenvalue weighted by Gasteiger charge is -2.12. The topological polar surface area (TPSA) is 80.6 Å². The summed E-state index contributed by atoms with van der Waals surface area (Å²) >= 11 is 0. The molecule has 0 fully saturated rings. The number of aromatic nitrogens is 1. The third-order valence-corrected chi connectivity index (χ3v) is 4.26. The standard InChI is InChI=1S/C14H18N2O4S/c1-3-20-14-5-4-12(8-11(14)10-17)15-21(18,19)13-6-7-16(2)9-13/h4-9,15,17H,3,10H2,1-2H3. The minimum Gasteiger partial charge on any atom is -0.494 e. The number of nitrogens with zero attached hydrogens (tertiary/aromatic N) is 1. The third-order valence-electron chi connectivity index (χ3n) is 2.90. The molecule has 0 aliphatic heterocycles. The van der Waals surface area contributed by atoms with E-state index in [0.717, 1.165) is 0 Å². The molecule has 114 valence electrons. The molecule has 0 saturated carbocycles. The normalized spacial score (nSPS) is 11.4. The van der Waals surface area contributed by atoms with Gasteiger partial charge in [-0.25, -0.2) is 8.42 Å². The predicted octanol–water partition coefficient (Wildman–Crippen LogP) is 1.72. The molecule has 0 amide bonds. The zero-order valence-electron chi connectivity index (χ0n) is 11.9. The van der Waals surface area contributed by atoms with E-state index >= 15 is 0 Å². The van der Waals surface area contributed by atoms with Gasteiger partial charge in [0.2, 0.25) is 0 Å². The van der Waals surface area contributed by atoms with Crippen molar-refractivity contribution >= 4 is 15.7 Å². The number of aliphatic hydroxyl groups is 1. The lowest BCUT2D eigenvalue weighted by atomic mass is 10.2. The van der Waals surface area contributed by atoms with Gasteiger partial charge in [-0.1, -0.05) is 0 Å². The van der Waals surface area contributed by atoms with Gasteiger partial charge in [-0.15, -0.1) is 0 Å². The van der Waals surface area contributed by atoms with Gasteiger partial charge in [-0.3, -0.25) is 4.72 Å². The zero-order chi connectivity index (χ0) is 15.5. The van der Waals surface area contributed by atoms with E-state index in [1.54, 1.807) is 36.0 Å². The molecule has 0 saturated heterocycles. The van der Waals surface area contributed by atoms with Gasteiger partial charge in [0, 0.05) is 30.7 Å². The highest BCUT2D eigenvalue weighted by Gasteiger charge is 2.16. The van der Waals surface area contributed by atoms with Gasteiger partial charge in [0.15, 0.2) is 0 Å². The molecule has 1 aromatic heterocycles. The van der Waals surface area contributed by atoms with Crippen LogP contribution in [0, 0.1) is 0 Å². The number of nitrogens with one attached hydrogen (secondary N) is 1. The van der Waals surface area contributed by atoms with Crippen molar-refractivity contribution in [3.8, 4) is 5.75 Å². The number of sulfonamides is 1. The van der Waals surface area contributed by atoms with Crippen molar-refractivity contribution in [2.45, 2.75) is 18.4 Å². The van der Waals surface area contributed by atoms with E-state index in [2.05, 4.69) is 4.72 Å². The number of aryl methyl sites for hydroxylation is 1. The number of hydrogen-bond acceptors (Lipinski definition) is 4. The van der Waals surface area contributed by atoms with Crippen LogP contribution in [0.1, 0.15) is 12.5 Å². The Kier molecular flexibility index (Phi) is 4.54. The summed E-state index contributed by atoms with van der Waals surface area (Å²) in [5.74, 6) is 0.544. The van der Waals surface area contributed by atoms with Crippen LogP contribution in [0.3, 0.4) is 0 Å². The van der Waals surface area contributed by atoms with Crippen LogP contribution in [0.25, 0.3) is 0 Å². The van der Waals surface area contributed by atoms with Crippen molar-refractivity contribution in [1.82, 2.24) is 4.57 Å². The molecule has 2 N–H and O–H groups in total. The number of benzene rings is 1. The molecule has 0 atom stereocenters. The lowest BCUT2D eigenvalue weighted by molar-refractivity contribution is 0.267. The second-order valence-electron chi connectivity index (χ2n) is 4.53. The van der Waals surface area contributed by atoms with E-state index in [9.17, 15) is 13.5 Å². The van der Waals surface area contributed by atoms with Gasteiger partial charge >= 0.3 is 0 Å². The molecular weight excluding hydrogens is 292 g/mol. The molecule has 0 aliphatic carbocycles. The monoisotopic (exact) mass is 310 g/mol. The summed E-state index contributed by atoms with van der Waals surface area (Å²) < 4.78 is 33.9. The number of ether oxygens (including phenoxy) is 1.